The van der Waals surface area contributed by atoms with Gasteiger partial charge in [0, 0.05) is 35.5 Å². The summed E-state index contributed by atoms with van der Waals surface area (Å²) in [7, 11) is 4.54. The smallest absolute Gasteiger partial charge is 0.407 e. The number of alkyl carbamates (subject to hydrolysis) is 1. The maximum Gasteiger partial charge on any atom is 0.407 e. The Labute approximate surface area is 354 Å². The molecular weight excluding hydrogens is 798 g/mol. The average molecular weight is 854 g/mol. The molecule has 4 aromatic rings. The van der Waals surface area contributed by atoms with Gasteiger partial charge in [-0.1, -0.05) is 38.1 Å². The molecule has 0 spiro atoms. The first-order valence-electron chi connectivity index (χ1n) is 19.9. The molecule has 16 heteroatoms. The molecule has 0 aliphatic heterocycles. The van der Waals surface area contributed by atoms with E-state index in [9.17, 15) is 24.3 Å². The Hall–Kier alpha value is -5.09. The number of Topliss-reactive ketones (excluding diaryl/α,β-unsaturated/α-hetero) is 1. The fourth-order valence-corrected chi connectivity index (χ4v) is 7.66. The summed E-state index contributed by atoms with van der Waals surface area (Å²) in [4.78, 5) is 57.1. The van der Waals surface area contributed by atoms with Crippen LogP contribution in [0.4, 0.5) is 4.79 Å². The van der Waals surface area contributed by atoms with E-state index < -0.39 is 47.9 Å². The van der Waals surface area contributed by atoms with E-state index in [0.717, 1.165) is 10.9 Å². The van der Waals surface area contributed by atoms with Gasteiger partial charge in [0.1, 0.15) is 18.4 Å². The number of rotatable bonds is 19. The number of alkyl halides is 1. The summed E-state index contributed by atoms with van der Waals surface area (Å²) >= 11 is 6.56. The number of carbonyl (C=O) groups is 4. The quantitative estimate of drug-likeness (QED) is 0.0256. The van der Waals surface area contributed by atoms with E-state index in [4.69, 9.17) is 44.8 Å². The van der Waals surface area contributed by atoms with Crippen molar-refractivity contribution in [2.45, 2.75) is 90.3 Å². The van der Waals surface area contributed by atoms with Gasteiger partial charge >= 0.3 is 12.1 Å². The minimum atomic E-state index is -1.04. The third kappa shape index (κ3) is 10.6. The highest BCUT2D eigenvalue weighted by atomic mass is 35.5. The fraction of sp³-hybridized carbons (Fsp3) is 0.500. The van der Waals surface area contributed by atoms with Gasteiger partial charge < -0.3 is 53.9 Å². The number of aromatic amines is 1. The van der Waals surface area contributed by atoms with Crippen LogP contribution in [0.3, 0.4) is 0 Å². The maximum absolute atomic E-state index is 14.4. The number of methoxy groups -OCH3 is 3. The molecule has 15 nitrogen and oxygen atoms in total. The lowest BCUT2D eigenvalue weighted by atomic mass is 9.92. The van der Waals surface area contributed by atoms with E-state index in [1.807, 2.05) is 45.0 Å². The fourth-order valence-electron chi connectivity index (χ4n) is 7.38. The minimum absolute atomic E-state index is 0.0833. The van der Waals surface area contributed by atoms with Gasteiger partial charge in [-0.25, -0.2) is 9.59 Å². The van der Waals surface area contributed by atoms with Crippen molar-refractivity contribution in [3.8, 4) is 23.0 Å². The molecule has 0 saturated heterocycles. The van der Waals surface area contributed by atoms with Crippen LogP contribution < -0.4 is 29.6 Å². The molecule has 0 radical (unpaired) electrons. The first kappa shape index (κ1) is 46.0. The minimum Gasteiger partial charge on any atom is -0.493 e. The first-order chi connectivity index (χ1) is 28.5. The van der Waals surface area contributed by atoms with Crippen molar-refractivity contribution in [2.75, 3.05) is 47.0 Å². The number of benzene rings is 3. The van der Waals surface area contributed by atoms with Crippen molar-refractivity contribution in [1.29, 1.82) is 0 Å². The molecule has 5 atom stereocenters. The standard InChI is InChI=1S/C44H56ClN3O12/c1-23(2)37(48-34(50)14-15-46-43(53)57-22-35(58-24(3)21-49)60-44(4,5)6)42(52)59-32-19-29-30(16-26(20-45)36(29)28-13-11-10-12-27(28)32)39(51)31-17-25-18-33(54-7)40(55-8)41(56-9)38(25)47-31/h10-13,17-19,23-24,26,30,35,37,47,49H,14-16,20-22H2,1-9H3,(H,46,53)(H,48,50)/t24?,26-,30?,35?,37-/m0/s1. The Morgan fingerprint density at radius 3 is 2.27 bits per heavy atom. The molecule has 0 saturated carbocycles. The normalized spacial score (nSPS) is 16.5. The van der Waals surface area contributed by atoms with Gasteiger partial charge in [-0.05, 0) is 80.7 Å². The molecule has 3 unspecified atom stereocenters. The van der Waals surface area contributed by atoms with Gasteiger partial charge in [-0.15, -0.1) is 11.6 Å². The monoisotopic (exact) mass is 853 g/mol. The summed E-state index contributed by atoms with van der Waals surface area (Å²) in [5, 5.41) is 16.8. The van der Waals surface area contributed by atoms with Crippen molar-refractivity contribution in [3.05, 3.63) is 59.3 Å². The first-order valence-corrected chi connectivity index (χ1v) is 20.4. The number of ether oxygens (including phenoxy) is 7. The second-order valence-corrected chi connectivity index (χ2v) is 16.3. The zero-order valence-electron chi connectivity index (χ0n) is 35.6. The van der Waals surface area contributed by atoms with Gasteiger partial charge in [-0.3, -0.25) is 9.59 Å². The highest BCUT2D eigenvalue weighted by Crippen LogP contribution is 2.50. The number of amides is 2. The van der Waals surface area contributed by atoms with Crippen LogP contribution in [-0.4, -0.2) is 105 Å². The van der Waals surface area contributed by atoms with Crippen molar-refractivity contribution >= 4 is 57.0 Å². The third-order valence-electron chi connectivity index (χ3n) is 10.1. The Morgan fingerprint density at radius 1 is 0.950 bits per heavy atom. The molecule has 1 aromatic heterocycles. The highest BCUT2D eigenvalue weighted by molar-refractivity contribution is 6.19. The summed E-state index contributed by atoms with van der Waals surface area (Å²) in [5.74, 6) is -0.772. The number of aromatic nitrogens is 1. The van der Waals surface area contributed by atoms with Crippen LogP contribution >= 0.6 is 11.6 Å². The zero-order valence-corrected chi connectivity index (χ0v) is 36.3. The molecule has 5 rings (SSSR count). The molecule has 2 amide bonds. The summed E-state index contributed by atoms with van der Waals surface area (Å²) in [6, 6.07) is 11.7. The number of ketones is 1. The second-order valence-electron chi connectivity index (χ2n) is 16.0. The lowest BCUT2D eigenvalue weighted by Gasteiger charge is -2.28. The van der Waals surface area contributed by atoms with Crippen LogP contribution in [0.15, 0.2) is 42.5 Å². The van der Waals surface area contributed by atoms with Crippen LogP contribution in [0.1, 0.15) is 87.8 Å². The van der Waals surface area contributed by atoms with E-state index in [-0.39, 0.29) is 55.4 Å². The number of aliphatic hydroxyl groups excluding tert-OH is 1. The number of fused-ring (bicyclic) bond motifs is 4. The lowest BCUT2D eigenvalue weighted by molar-refractivity contribution is -0.230. The Bertz CT molecular complexity index is 2180. The van der Waals surface area contributed by atoms with Crippen LogP contribution in [0.5, 0.6) is 23.0 Å². The average Bonchev–Trinajstić information content (AvgIpc) is 3.82. The zero-order chi connectivity index (χ0) is 43.9. The van der Waals surface area contributed by atoms with Gasteiger partial charge in [0.05, 0.1) is 50.9 Å². The van der Waals surface area contributed by atoms with Crippen molar-refractivity contribution in [3.63, 3.8) is 0 Å². The number of halogens is 1. The summed E-state index contributed by atoms with van der Waals surface area (Å²) < 4.78 is 39.4. The van der Waals surface area contributed by atoms with Crippen LogP contribution in [0, 0.1) is 5.92 Å². The number of nitrogens with one attached hydrogen (secondary N) is 3. The molecule has 0 bridgehead atoms. The molecule has 0 fully saturated rings. The summed E-state index contributed by atoms with van der Waals surface area (Å²) in [5.41, 5.74) is 1.93. The second kappa shape index (κ2) is 20.0. The largest absolute Gasteiger partial charge is 0.493 e. The lowest BCUT2D eigenvalue weighted by Crippen LogP contribution is -2.47. The van der Waals surface area contributed by atoms with Gasteiger partial charge in [0.25, 0.3) is 0 Å². The van der Waals surface area contributed by atoms with E-state index in [1.165, 1.54) is 21.3 Å². The topological polar surface area (TPSA) is 193 Å². The van der Waals surface area contributed by atoms with Gasteiger partial charge in [0.2, 0.25) is 11.7 Å². The maximum atomic E-state index is 14.4. The Balaban J connectivity index is 1.31. The van der Waals surface area contributed by atoms with Gasteiger partial charge in [-0.2, -0.15) is 0 Å². The summed E-state index contributed by atoms with van der Waals surface area (Å²) in [6.07, 6.45) is -1.99. The molecular formula is C44H56ClN3O12. The highest BCUT2D eigenvalue weighted by Gasteiger charge is 2.39. The number of esters is 1. The number of hydrogen-bond acceptors (Lipinski definition) is 12. The molecule has 60 heavy (non-hydrogen) atoms. The SMILES string of the molecule is COc1cc2cc(C(=O)C3C[C@@H](CCl)c4c3cc(OC(=O)[C@@H](NC(=O)CCNC(=O)OCC(OC(C)CO)OC(C)(C)C)C(C)C)c3ccccc43)[nH]c2c(OC)c1OC. The van der Waals surface area contributed by atoms with Crippen LogP contribution in [-0.2, 0) is 23.8 Å². The number of carbonyl (C=O) groups excluding carboxylic acids is 4. The van der Waals surface area contributed by atoms with Crippen molar-refractivity contribution < 1.29 is 57.4 Å². The Morgan fingerprint density at radius 2 is 1.65 bits per heavy atom. The third-order valence-corrected chi connectivity index (χ3v) is 10.5. The van der Waals surface area contributed by atoms with E-state index in [1.54, 1.807) is 39.0 Å². The Kier molecular flexibility index (Phi) is 15.3. The predicted octanol–water partition coefficient (Wildman–Crippen LogP) is 6.74. The van der Waals surface area contributed by atoms with E-state index >= 15 is 0 Å². The number of aliphatic hydroxyl groups is 1. The number of hydrogen-bond donors (Lipinski definition) is 4. The van der Waals surface area contributed by atoms with E-state index in [0.29, 0.717) is 51.2 Å². The van der Waals surface area contributed by atoms with Crippen LogP contribution in [0.25, 0.3) is 21.7 Å². The molecule has 1 aliphatic rings. The molecule has 1 aliphatic carbocycles. The van der Waals surface area contributed by atoms with E-state index in [2.05, 4.69) is 15.6 Å². The predicted molar refractivity (Wildman–Crippen MR) is 226 cm³/mol. The molecule has 326 valence electrons. The van der Waals surface area contributed by atoms with Crippen molar-refractivity contribution in [2.24, 2.45) is 5.92 Å². The molecule has 3 aromatic carbocycles. The molecule has 4 N–H and O–H groups in total. The van der Waals surface area contributed by atoms with Crippen LogP contribution in [0.2, 0.25) is 0 Å². The van der Waals surface area contributed by atoms with Crippen molar-refractivity contribution in [1.82, 2.24) is 15.6 Å². The molecule has 1 heterocycles. The van der Waals surface area contributed by atoms with Gasteiger partial charge in [0.15, 0.2) is 23.6 Å². The number of H-pyrrole nitrogens is 1. The summed E-state index contributed by atoms with van der Waals surface area (Å²) in [6.45, 7) is 10.1.